The van der Waals surface area contributed by atoms with Crippen molar-refractivity contribution in [2.45, 2.75) is 71.2 Å². The summed E-state index contributed by atoms with van der Waals surface area (Å²) >= 11 is 0. The van der Waals surface area contributed by atoms with Crippen LogP contribution in [0.25, 0.3) is 0 Å². The van der Waals surface area contributed by atoms with E-state index in [1.54, 1.807) is 6.92 Å². The number of amides is 1. The zero-order chi connectivity index (χ0) is 19.9. The average Bonchev–Trinajstić information content (AvgIpc) is 3.22. The molecular weight excluding hydrogens is 354 g/mol. The number of aliphatic hydroxyl groups is 1. The van der Waals surface area contributed by atoms with Crippen molar-refractivity contribution in [3.05, 3.63) is 46.8 Å². The second-order valence-corrected chi connectivity index (χ2v) is 8.44. The number of aliphatic hydroxyl groups excluding tert-OH is 1. The number of carbonyl (C=O) groups is 1. The van der Waals surface area contributed by atoms with E-state index < -0.39 is 11.7 Å². The number of fused-ring (bicyclic) bond motifs is 2. The molecule has 1 aromatic heterocycles. The number of rotatable bonds is 4. The third kappa shape index (κ3) is 3.65. The topological polar surface area (TPSA) is 67.6 Å². The second-order valence-electron chi connectivity index (χ2n) is 8.44. The molecule has 28 heavy (non-hydrogen) atoms. The Kier molecular flexibility index (Phi) is 4.91. The molecular formula is C22H29N3O3. The number of carbonyl (C=O) groups excluding carboxylic acids is 1. The van der Waals surface area contributed by atoms with Gasteiger partial charge in [0.15, 0.2) is 5.60 Å². The molecule has 1 aliphatic carbocycles. The summed E-state index contributed by atoms with van der Waals surface area (Å²) < 4.78 is 8.07. The van der Waals surface area contributed by atoms with E-state index in [9.17, 15) is 9.90 Å². The molecule has 6 nitrogen and oxygen atoms in total. The molecule has 0 fully saturated rings. The minimum absolute atomic E-state index is 0.0266. The Bertz CT molecular complexity index is 885. The molecule has 0 unspecified atom stereocenters. The van der Waals surface area contributed by atoms with Crippen molar-refractivity contribution in [2.24, 2.45) is 0 Å². The minimum atomic E-state index is -0.949. The first-order valence-electron chi connectivity index (χ1n) is 10.2. The zero-order valence-corrected chi connectivity index (χ0v) is 16.9. The number of ether oxygens (including phenoxy) is 1. The summed E-state index contributed by atoms with van der Waals surface area (Å²) in [5, 5.41) is 14.3. The Morgan fingerprint density at radius 3 is 2.75 bits per heavy atom. The van der Waals surface area contributed by atoms with E-state index in [1.165, 1.54) is 17.5 Å². The highest BCUT2D eigenvalue weighted by molar-refractivity contribution is 5.84. The van der Waals surface area contributed by atoms with Gasteiger partial charge < -0.3 is 14.7 Å². The number of aryl methyl sites for hydroxylation is 3. The van der Waals surface area contributed by atoms with E-state index in [4.69, 9.17) is 4.74 Å². The van der Waals surface area contributed by atoms with Crippen molar-refractivity contribution in [3.8, 4) is 5.75 Å². The fourth-order valence-electron chi connectivity index (χ4n) is 4.19. The van der Waals surface area contributed by atoms with Crippen LogP contribution in [0.1, 0.15) is 62.2 Å². The number of hydrogen-bond acceptors (Lipinski definition) is 4. The first-order chi connectivity index (χ1) is 13.3. The number of aromatic nitrogens is 2. The molecule has 0 spiro atoms. The van der Waals surface area contributed by atoms with E-state index in [1.807, 2.05) is 35.6 Å². The Hall–Kier alpha value is -2.34. The predicted molar refractivity (Wildman–Crippen MR) is 106 cm³/mol. The van der Waals surface area contributed by atoms with Crippen LogP contribution >= 0.6 is 0 Å². The van der Waals surface area contributed by atoms with Crippen LogP contribution in [0.5, 0.6) is 5.75 Å². The molecule has 4 rings (SSSR count). The summed E-state index contributed by atoms with van der Waals surface area (Å²) in [5.41, 5.74) is 3.39. The number of hydrogen-bond donors (Lipinski definition) is 1. The molecule has 0 bridgehead atoms. The van der Waals surface area contributed by atoms with Gasteiger partial charge in [0.1, 0.15) is 5.75 Å². The third-order valence-corrected chi connectivity index (χ3v) is 5.71. The van der Waals surface area contributed by atoms with Crippen LogP contribution in [0.15, 0.2) is 24.3 Å². The van der Waals surface area contributed by atoms with Crippen molar-refractivity contribution in [1.82, 2.24) is 14.7 Å². The molecule has 0 radical (unpaired) electrons. The monoisotopic (exact) mass is 383 g/mol. The summed E-state index contributed by atoms with van der Waals surface area (Å²) in [7, 11) is 0. The predicted octanol–water partition coefficient (Wildman–Crippen LogP) is 3.02. The van der Waals surface area contributed by atoms with Gasteiger partial charge in [0.2, 0.25) is 0 Å². The van der Waals surface area contributed by atoms with E-state index in [-0.39, 0.29) is 5.91 Å². The molecule has 1 atom stereocenters. The molecule has 0 saturated heterocycles. The zero-order valence-electron chi connectivity index (χ0n) is 16.9. The fraction of sp³-hybridized carbons (Fsp3) is 0.545. The normalized spacial score (nSPS) is 17.6. The lowest BCUT2D eigenvalue weighted by Crippen LogP contribution is -2.48. The van der Waals surface area contributed by atoms with Gasteiger partial charge in [0.05, 0.1) is 24.0 Å². The van der Waals surface area contributed by atoms with Gasteiger partial charge in [0, 0.05) is 13.1 Å². The molecule has 1 aliphatic heterocycles. The number of nitrogens with zero attached hydrogens (tertiary/aromatic N) is 3. The quantitative estimate of drug-likeness (QED) is 0.881. The van der Waals surface area contributed by atoms with Crippen LogP contribution in [0.3, 0.4) is 0 Å². The Morgan fingerprint density at radius 2 is 1.96 bits per heavy atom. The van der Waals surface area contributed by atoms with Crippen molar-refractivity contribution in [2.75, 3.05) is 6.54 Å². The lowest BCUT2D eigenvalue weighted by atomic mass is 10.1. The van der Waals surface area contributed by atoms with Crippen molar-refractivity contribution in [1.29, 1.82) is 0 Å². The summed E-state index contributed by atoms with van der Waals surface area (Å²) in [6.07, 6.45) is 3.63. The maximum atomic E-state index is 13.3. The Labute approximate surface area is 166 Å². The molecule has 1 amide bonds. The highest BCUT2D eigenvalue weighted by Crippen LogP contribution is 2.29. The molecule has 2 aliphatic rings. The largest absolute Gasteiger partial charge is 0.478 e. The molecule has 150 valence electrons. The minimum Gasteiger partial charge on any atom is -0.478 e. The average molecular weight is 383 g/mol. The lowest BCUT2D eigenvalue weighted by Gasteiger charge is -2.31. The standard InChI is InChI=1S/C22H29N3O3/c1-15(26)20-13-18-14-24(10-5-11-25(18)23-20)21(27)22(2,3)28-19-9-8-16-6-4-7-17(16)12-19/h8-9,12-13,15,26H,4-7,10-11,14H2,1-3H3/t15-/m1/s1. The summed E-state index contributed by atoms with van der Waals surface area (Å²) in [5.74, 6) is 0.733. The van der Waals surface area contributed by atoms with Crippen LogP contribution in [-0.4, -0.2) is 37.8 Å². The van der Waals surface area contributed by atoms with E-state index >= 15 is 0 Å². The SMILES string of the molecule is C[C@@H](O)c1cc2n(n1)CCCN(C(=O)C(C)(C)Oc1ccc3c(c1)CCC3)C2. The van der Waals surface area contributed by atoms with Gasteiger partial charge in [-0.15, -0.1) is 0 Å². The molecule has 2 aromatic rings. The molecule has 1 aromatic carbocycles. The van der Waals surface area contributed by atoms with Crippen LogP contribution in [0, 0.1) is 0 Å². The first-order valence-corrected chi connectivity index (χ1v) is 10.2. The Balaban J connectivity index is 1.50. The molecule has 1 N–H and O–H groups in total. The van der Waals surface area contributed by atoms with E-state index in [0.717, 1.165) is 37.3 Å². The van der Waals surface area contributed by atoms with Gasteiger partial charge in [-0.3, -0.25) is 9.48 Å². The van der Waals surface area contributed by atoms with Gasteiger partial charge in [-0.1, -0.05) is 6.07 Å². The van der Waals surface area contributed by atoms with Crippen LogP contribution < -0.4 is 4.74 Å². The highest BCUT2D eigenvalue weighted by atomic mass is 16.5. The second kappa shape index (κ2) is 7.24. The highest BCUT2D eigenvalue weighted by Gasteiger charge is 2.35. The molecule has 2 heterocycles. The van der Waals surface area contributed by atoms with E-state index in [0.29, 0.717) is 18.8 Å². The summed E-state index contributed by atoms with van der Waals surface area (Å²) in [6, 6.07) is 8.08. The summed E-state index contributed by atoms with van der Waals surface area (Å²) in [6.45, 7) is 7.29. The van der Waals surface area contributed by atoms with E-state index in [2.05, 4.69) is 17.2 Å². The smallest absolute Gasteiger partial charge is 0.266 e. The van der Waals surface area contributed by atoms with Gasteiger partial charge in [-0.05, 0) is 75.8 Å². The number of benzene rings is 1. The maximum Gasteiger partial charge on any atom is 0.266 e. The van der Waals surface area contributed by atoms with Crippen LogP contribution in [0.2, 0.25) is 0 Å². The van der Waals surface area contributed by atoms with Crippen LogP contribution in [-0.2, 0) is 30.7 Å². The van der Waals surface area contributed by atoms with Crippen molar-refractivity contribution in [3.63, 3.8) is 0 Å². The third-order valence-electron chi connectivity index (χ3n) is 5.71. The molecule has 0 saturated carbocycles. The first kappa shape index (κ1) is 19.0. The van der Waals surface area contributed by atoms with Gasteiger partial charge >= 0.3 is 0 Å². The Morgan fingerprint density at radius 1 is 1.18 bits per heavy atom. The lowest BCUT2D eigenvalue weighted by molar-refractivity contribution is -0.146. The van der Waals surface area contributed by atoms with Gasteiger partial charge in [-0.2, -0.15) is 5.10 Å². The van der Waals surface area contributed by atoms with Crippen molar-refractivity contribution >= 4 is 5.91 Å². The maximum absolute atomic E-state index is 13.3. The summed E-state index contributed by atoms with van der Waals surface area (Å²) in [4.78, 5) is 15.1. The van der Waals surface area contributed by atoms with Gasteiger partial charge in [-0.25, -0.2) is 0 Å². The van der Waals surface area contributed by atoms with Crippen molar-refractivity contribution < 1.29 is 14.6 Å². The fourth-order valence-corrected chi connectivity index (χ4v) is 4.19. The van der Waals surface area contributed by atoms with Gasteiger partial charge in [0.25, 0.3) is 5.91 Å². The van der Waals surface area contributed by atoms with Crippen LogP contribution in [0.4, 0.5) is 0 Å². The molecule has 6 heteroatoms.